The van der Waals surface area contributed by atoms with Gasteiger partial charge in [0.1, 0.15) is 6.04 Å². The van der Waals surface area contributed by atoms with Crippen LogP contribution in [0.3, 0.4) is 0 Å². The summed E-state index contributed by atoms with van der Waals surface area (Å²) in [5.74, 6) is -0.701. The lowest BCUT2D eigenvalue weighted by Gasteiger charge is -2.02. The second-order valence-electron chi connectivity index (χ2n) is 1.86. The molecule has 0 aromatic rings. The molecular formula is C5H12N2O2. The van der Waals surface area contributed by atoms with Crippen LogP contribution in [0, 0.1) is 0 Å². The van der Waals surface area contributed by atoms with E-state index in [0.717, 1.165) is 0 Å². The second kappa shape index (κ2) is 4.29. The zero-order valence-corrected chi connectivity index (χ0v) is 5.17. The maximum atomic E-state index is 10.4. The van der Waals surface area contributed by atoms with Crippen LogP contribution in [0.2, 0.25) is 0 Å². The summed E-state index contributed by atoms with van der Waals surface area (Å²) in [6.07, 6.45) is 1.16. The van der Waals surface area contributed by atoms with E-state index >= 15 is 0 Å². The molecule has 0 saturated heterocycles. The summed E-state index contributed by atoms with van der Waals surface area (Å²) in [6, 6.07) is -0.693. The molecule has 4 heteroatoms. The van der Waals surface area contributed by atoms with Gasteiger partial charge in [0.25, 0.3) is 1.43 Å². The van der Waals surface area contributed by atoms with Crippen LogP contribution < -0.4 is 11.5 Å². The van der Waals surface area contributed by atoms with Crippen LogP contribution in [0.25, 0.3) is 1.43 Å². The number of hydrogen-bond acceptors (Lipinski definition) is 4. The summed E-state index contributed by atoms with van der Waals surface area (Å²) in [6.45, 7) is 0.499. The zero-order chi connectivity index (χ0) is 7.98. The van der Waals surface area contributed by atoms with Gasteiger partial charge in [-0.2, -0.15) is 0 Å². The lowest BCUT2D eigenvalue weighted by molar-refractivity contribution is -0.138. The van der Waals surface area contributed by atoms with E-state index in [1.807, 2.05) is 0 Å². The fraction of sp³-hybridized carbons (Fsp3) is 0.800. The van der Waals surface area contributed by atoms with Crippen molar-refractivity contribution in [2.75, 3.05) is 6.54 Å². The van der Waals surface area contributed by atoms with Gasteiger partial charge in [0.2, 0.25) is 0 Å². The average molecular weight is 133 g/mol. The molecule has 9 heavy (non-hydrogen) atoms. The first-order valence-corrected chi connectivity index (χ1v) is 2.85. The van der Waals surface area contributed by atoms with Crippen molar-refractivity contribution in [2.24, 2.45) is 11.5 Å². The molecule has 0 saturated carbocycles. The normalized spacial score (nSPS) is 14.2. The molecule has 0 unspecified atom stereocenters. The van der Waals surface area contributed by atoms with Crippen molar-refractivity contribution >= 4 is 5.97 Å². The van der Waals surface area contributed by atoms with Crippen molar-refractivity contribution < 1.29 is 9.90 Å². The van der Waals surface area contributed by atoms with Crippen LogP contribution in [-0.4, -0.2) is 23.7 Å². The van der Waals surface area contributed by atoms with E-state index in [1.54, 1.807) is 0 Å². The van der Waals surface area contributed by atoms with Crippen LogP contribution >= 0.6 is 0 Å². The van der Waals surface area contributed by atoms with Gasteiger partial charge in [0.05, 0.1) is 0 Å². The summed E-state index contributed by atoms with van der Waals surface area (Å²) >= 11 is 0. The second-order valence-corrected chi connectivity index (χ2v) is 1.86. The molecule has 1 atom stereocenters. The minimum absolute atomic E-state index is 0.480. The van der Waals surface area contributed by atoms with E-state index in [2.05, 4.69) is 5.11 Å². The van der Waals surface area contributed by atoms with Crippen LogP contribution in [0.4, 0.5) is 0 Å². The van der Waals surface area contributed by atoms with Crippen molar-refractivity contribution in [2.45, 2.75) is 18.9 Å². The molecule has 0 spiro atoms. The van der Waals surface area contributed by atoms with Gasteiger partial charge >= 0.3 is 5.97 Å². The average Bonchev–Trinajstić information content (AvgIpc) is 1.98. The highest BCUT2D eigenvalue weighted by Crippen LogP contribution is 1.91. The van der Waals surface area contributed by atoms with Gasteiger partial charge < -0.3 is 16.6 Å². The molecule has 0 aliphatic heterocycles. The fourth-order valence-corrected chi connectivity index (χ4v) is 0.456. The summed E-state index contributed by atoms with van der Waals surface area (Å²) in [5.41, 5.74) is 10.4. The standard InChI is InChI=1S/C5H12N2O2/c6-3-1-2-4(7)5(8)9/h4H,1-3,6-7H2,(H,8,9)/t4-/m1/s1/i/hD. The Bertz CT molecular complexity index is 110. The zero-order valence-electron chi connectivity index (χ0n) is 6.17. The monoisotopic (exact) mass is 133 g/mol. The third-order valence-electron chi connectivity index (χ3n) is 1.02. The van der Waals surface area contributed by atoms with E-state index in [4.69, 9.17) is 12.9 Å². The highest BCUT2D eigenvalue weighted by atomic mass is 16.4. The Labute approximate surface area is 55.3 Å². The Hall–Kier alpha value is -0.610. The maximum absolute atomic E-state index is 10.4. The molecule has 0 amide bonds. The van der Waals surface area contributed by atoms with Crippen LogP contribution in [0.5, 0.6) is 0 Å². The Morgan fingerprint density at radius 3 is 3.00 bits per heavy atom. The largest absolute Gasteiger partial charge is 0.480 e. The molecule has 0 aliphatic rings. The summed E-state index contributed by atoms with van der Waals surface area (Å²) < 4.78 is 6.21. The number of carboxylic acid groups (broad SMARTS) is 1. The first-order valence-electron chi connectivity index (χ1n) is 3.26. The van der Waals surface area contributed by atoms with Gasteiger partial charge in [-0.1, -0.05) is 0 Å². The van der Waals surface area contributed by atoms with E-state index in [0.29, 0.717) is 19.4 Å². The van der Waals surface area contributed by atoms with Crippen molar-refractivity contribution in [3.8, 4) is 0 Å². The highest BCUT2D eigenvalue weighted by molar-refractivity contribution is 5.72. The predicted molar refractivity (Wildman–Crippen MR) is 33.9 cm³/mol. The fourth-order valence-electron chi connectivity index (χ4n) is 0.456. The summed E-state index contributed by atoms with van der Waals surface area (Å²) in [4.78, 5) is 10.4. The Morgan fingerprint density at radius 1 is 1.89 bits per heavy atom. The Morgan fingerprint density at radius 2 is 2.56 bits per heavy atom. The van der Waals surface area contributed by atoms with E-state index in [1.165, 1.54) is 0 Å². The molecule has 0 aromatic heterocycles. The maximum Gasteiger partial charge on any atom is 0.320 e. The molecule has 5 N–H and O–H groups in total. The quantitative estimate of drug-likeness (QED) is 0.465. The summed E-state index contributed by atoms with van der Waals surface area (Å²) in [7, 11) is 0. The lowest BCUT2D eigenvalue weighted by atomic mass is 10.2. The number of hydrogen-bond donors (Lipinski definition) is 3. The van der Waals surface area contributed by atoms with E-state index in [-0.39, 0.29) is 0 Å². The number of nitrogens with two attached hydrogens (primary N) is 2. The Kier molecular flexibility index (Phi) is 3.10. The molecule has 4 nitrogen and oxygen atoms in total. The van der Waals surface area contributed by atoms with Crippen molar-refractivity contribution in [1.29, 1.82) is 1.43 Å². The number of aliphatic carboxylic acids is 1. The molecule has 0 aliphatic carbocycles. The number of carbonyl (C=O) groups is 1. The number of carboxylic acids is 1. The molecule has 0 aromatic carbocycles. The molecule has 0 heterocycles. The van der Waals surface area contributed by atoms with Crippen LogP contribution in [0.1, 0.15) is 12.8 Å². The van der Waals surface area contributed by atoms with E-state index in [9.17, 15) is 4.79 Å². The molecule has 0 radical (unpaired) electrons. The van der Waals surface area contributed by atoms with Crippen LogP contribution in [-0.2, 0) is 4.79 Å². The van der Waals surface area contributed by atoms with Crippen molar-refractivity contribution in [1.82, 2.24) is 0 Å². The van der Waals surface area contributed by atoms with E-state index < -0.39 is 12.0 Å². The minimum Gasteiger partial charge on any atom is -0.480 e. The van der Waals surface area contributed by atoms with Gasteiger partial charge in [-0.05, 0) is 19.4 Å². The predicted octanol–water partition coefficient (Wildman–Crippen LogP) is -0.863. The topological polar surface area (TPSA) is 89.3 Å². The minimum atomic E-state index is -0.701. The molecular weight excluding hydrogens is 120 g/mol. The third kappa shape index (κ3) is 3.93. The molecule has 54 valence electrons. The van der Waals surface area contributed by atoms with Crippen molar-refractivity contribution in [3.63, 3.8) is 0 Å². The molecule has 0 rings (SSSR count). The van der Waals surface area contributed by atoms with Crippen molar-refractivity contribution in [3.05, 3.63) is 0 Å². The van der Waals surface area contributed by atoms with Gasteiger partial charge in [0.15, 0.2) is 0 Å². The lowest BCUT2D eigenvalue weighted by Crippen LogP contribution is -2.30. The first kappa shape index (κ1) is 6.51. The van der Waals surface area contributed by atoms with Gasteiger partial charge in [0, 0.05) is 0 Å². The third-order valence-corrected chi connectivity index (χ3v) is 1.02. The van der Waals surface area contributed by atoms with Gasteiger partial charge in [-0.25, -0.2) is 0 Å². The first-order chi connectivity index (χ1) is 4.72. The smallest absolute Gasteiger partial charge is 0.320 e. The molecule has 0 bridgehead atoms. The number of rotatable bonds is 4. The summed E-state index contributed by atoms with van der Waals surface area (Å²) in [5, 5.41) is 3.65. The molecule has 0 fully saturated rings. The van der Waals surface area contributed by atoms with Gasteiger partial charge in [-0.15, -0.1) is 0 Å². The van der Waals surface area contributed by atoms with Crippen LogP contribution in [0.15, 0.2) is 0 Å². The SMILES string of the molecule is [2H]OC(=O)[C@H](N)CCCN. The van der Waals surface area contributed by atoms with Gasteiger partial charge in [-0.3, -0.25) is 4.79 Å². The highest BCUT2D eigenvalue weighted by Gasteiger charge is 2.08. The Balaban J connectivity index is 3.41.